The summed E-state index contributed by atoms with van der Waals surface area (Å²) in [6.07, 6.45) is 0. The van der Waals surface area contributed by atoms with Gasteiger partial charge in [0.2, 0.25) is 0 Å². The maximum absolute atomic E-state index is 9.16. The van der Waals surface area contributed by atoms with Gasteiger partial charge in [0.15, 0.2) is 0 Å². The Morgan fingerprint density at radius 1 is 1.71 bits per heavy atom. The Balaban J connectivity index is 0. The first-order valence-corrected chi connectivity index (χ1v) is 1.96. The van der Waals surface area contributed by atoms with Crippen molar-refractivity contribution in [3.63, 3.8) is 0 Å². The van der Waals surface area contributed by atoms with E-state index in [0.29, 0.717) is 0 Å². The van der Waals surface area contributed by atoms with Gasteiger partial charge in [0.05, 0.1) is 0 Å². The maximum atomic E-state index is 9.16. The van der Waals surface area contributed by atoms with Crippen LogP contribution in [0.2, 0.25) is 0 Å². The van der Waals surface area contributed by atoms with Crippen LogP contribution in [0.15, 0.2) is 0 Å². The average Bonchev–Trinajstić information content (AvgIpc) is 1.35. The second-order valence-electron chi connectivity index (χ2n) is 0.425. The van der Waals surface area contributed by atoms with Crippen molar-refractivity contribution < 1.29 is 12.8 Å². The second-order valence-corrected chi connectivity index (χ2v) is 0.829. The van der Waals surface area contributed by atoms with Crippen molar-refractivity contribution in [2.45, 2.75) is 0 Å². The van der Waals surface area contributed by atoms with E-state index in [4.69, 9.17) is 13.9 Å². The van der Waals surface area contributed by atoms with Crippen LogP contribution < -0.4 is 0 Å². The Bertz CT molecular complexity index is 72.1. The van der Waals surface area contributed by atoms with Crippen molar-refractivity contribution in [3.8, 4) is 0 Å². The molecule has 0 saturated heterocycles. The first-order valence-electron chi connectivity index (χ1n) is 1.02. The molecule has 0 aliphatic rings. The quantitative estimate of drug-likeness (QED) is 0.263. The van der Waals surface area contributed by atoms with Gasteiger partial charge in [0, 0.05) is 0 Å². The summed E-state index contributed by atoms with van der Waals surface area (Å²) < 4.78 is 12.5. The summed E-state index contributed by atoms with van der Waals surface area (Å²) in [7, 11) is 0. The Morgan fingerprint density at radius 3 is 2.14 bits per heavy atom. The van der Waals surface area contributed by atoms with E-state index in [1.807, 2.05) is 0 Å². The van der Waals surface area contributed by atoms with Gasteiger partial charge in [-0.2, -0.15) is 0 Å². The molecule has 7 heteroatoms. The molecule has 0 heterocycles. The minimum atomic E-state index is -1.70. The Morgan fingerprint density at radius 2 is 2.14 bits per heavy atom. The average molecular weight is 147 g/mol. The van der Waals surface area contributed by atoms with Gasteiger partial charge in [-0.15, -0.1) is 0 Å². The van der Waals surface area contributed by atoms with E-state index in [2.05, 4.69) is 3.89 Å². The molecule has 0 spiro atoms. The van der Waals surface area contributed by atoms with Crippen LogP contribution in [-0.4, -0.2) is 58.3 Å². The summed E-state index contributed by atoms with van der Waals surface area (Å²) >= 11 is -1.70. The Kier molecular flexibility index (Phi) is 10.4. The van der Waals surface area contributed by atoms with Crippen molar-refractivity contribution in [3.05, 3.63) is 10.1 Å². The van der Waals surface area contributed by atoms with Gasteiger partial charge in [0.25, 0.3) is 0 Å². The number of hydrogen-bond acceptors (Lipinski definition) is 4. The number of hydrogen-bond donors (Lipinski definition) is 0. The molecule has 0 radical (unpaired) electrons. The molecule has 0 aromatic heterocycles. The van der Waals surface area contributed by atoms with E-state index in [0.717, 1.165) is 0 Å². The molecule has 0 rings (SSSR count). The number of nitrogens with zero attached hydrogens (tertiary/aromatic N) is 1. The fraction of sp³-hybridized carbons (Fsp3) is 0. The van der Waals surface area contributed by atoms with Gasteiger partial charge in [-0.25, -0.2) is 0 Å². The van der Waals surface area contributed by atoms with E-state index in [1.165, 1.54) is 0 Å². The molecule has 0 N–H and O–H groups in total. The van der Waals surface area contributed by atoms with Crippen LogP contribution in [0.5, 0.6) is 0 Å². The fourth-order valence-electron chi connectivity index (χ4n) is 0.0351. The fourth-order valence-corrected chi connectivity index (χ4v) is 0.105. The topological polar surface area (TPSA) is 69.4 Å². The Labute approximate surface area is 75.4 Å². The van der Waals surface area contributed by atoms with E-state index in [-0.39, 0.29) is 37.7 Å². The summed E-state index contributed by atoms with van der Waals surface area (Å²) in [5.41, 5.74) is 0. The molecule has 36 valence electrons. The molecule has 0 atom stereocenters. The van der Waals surface area contributed by atoms with Gasteiger partial charge in [-0.1, -0.05) is 0 Å². The minimum absolute atomic E-state index is 0. The van der Waals surface area contributed by atoms with Gasteiger partial charge in [-0.3, -0.25) is 0 Å². The van der Waals surface area contributed by atoms with Crippen molar-refractivity contribution >= 4 is 53.2 Å². The molecule has 0 aliphatic heterocycles. The standard InChI is InChI=1S/Al.Ca.NO3.O.2H/c;;2-1(3)4;;;/q+1;;-1;;;. The predicted molar refractivity (Wildman–Crippen MR) is 23.1 cm³/mol. The van der Waals surface area contributed by atoms with Crippen LogP contribution in [0.1, 0.15) is 0 Å². The molecular formula is H2AlCaNO4. The molecule has 0 fully saturated rings. The summed E-state index contributed by atoms with van der Waals surface area (Å²) in [6.45, 7) is 0. The second kappa shape index (κ2) is 6.79. The summed E-state index contributed by atoms with van der Waals surface area (Å²) in [5, 5.41) is 7.91. The van der Waals surface area contributed by atoms with Crippen LogP contribution in [0.3, 0.4) is 0 Å². The molecule has 0 aliphatic carbocycles. The van der Waals surface area contributed by atoms with Crippen molar-refractivity contribution in [1.82, 2.24) is 0 Å². The molecule has 5 nitrogen and oxygen atoms in total. The zero-order valence-corrected chi connectivity index (χ0v) is 3.81. The van der Waals surface area contributed by atoms with Gasteiger partial charge in [-0.05, 0) is 0 Å². The van der Waals surface area contributed by atoms with E-state index in [1.54, 1.807) is 0 Å². The molecule has 0 saturated carbocycles. The van der Waals surface area contributed by atoms with Crippen LogP contribution in [-0.2, 0) is 7.69 Å². The third-order valence-corrected chi connectivity index (χ3v) is 0.387. The van der Waals surface area contributed by atoms with E-state index < -0.39 is 20.6 Å². The third kappa shape index (κ3) is 10.8. The van der Waals surface area contributed by atoms with E-state index >= 15 is 0 Å². The first-order chi connectivity index (χ1) is 2.77. The molecule has 0 aromatic rings. The van der Waals surface area contributed by atoms with Crippen LogP contribution in [0, 0.1) is 10.1 Å². The molecule has 0 aromatic carbocycles. The summed E-state index contributed by atoms with van der Waals surface area (Å²) in [5.74, 6) is 0. The van der Waals surface area contributed by atoms with Gasteiger partial charge < -0.3 is 0 Å². The molecule has 0 amide bonds. The first kappa shape index (κ1) is 10.7. The monoisotopic (exact) mass is 147 g/mol. The SMILES string of the molecule is [CaH2].[O]=[Al][O][N+](=O)[O-]. The van der Waals surface area contributed by atoms with Crippen LogP contribution >= 0.6 is 0 Å². The van der Waals surface area contributed by atoms with Crippen LogP contribution in [0.25, 0.3) is 0 Å². The number of rotatable bonds is 2. The zero-order valence-electron chi connectivity index (χ0n) is 2.66. The molecule has 0 unspecified atom stereocenters. The van der Waals surface area contributed by atoms with Crippen molar-refractivity contribution in [2.75, 3.05) is 0 Å². The normalized spacial score (nSPS) is 5.14. The van der Waals surface area contributed by atoms with Crippen molar-refractivity contribution in [2.24, 2.45) is 0 Å². The Hall–Kier alpha value is 0.792. The molecule has 0 bridgehead atoms. The summed E-state index contributed by atoms with van der Waals surface area (Å²) in [4.78, 5) is 9.00. The summed E-state index contributed by atoms with van der Waals surface area (Å²) in [6, 6.07) is 0. The molecule has 7 heavy (non-hydrogen) atoms. The van der Waals surface area contributed by atoms with E-state index in [9.17, 15) is 0 Å². The third-order valence-electron chi connectivity index (χ3n) is 0.129. The zero-order chi connectivity index (χ0) is 4.99. The molecular weight excluding hydrogens is 145 g/mol. The van der Waals surface area contributed by atoms with Gasteiger partial charge >= 0.3 is 76.1 Å². The van der Waals surface area contributed by atoms with Crippen LogP contribution in [0.4, 0.5) is 0 Å². The van der Waals surface area contributed by atoms with Crippen molar-refractivity contribution in [1.29, 1.82) is 0 Å². The van der Waals surface area contributed by atoms with Gasteiger partial charge in [0.1, 0.15) is 0 Å². The predicted octanol–water partition coefficient (Wildman–Crippen LogP) is -1.76.